The minimum Gasteiger partial charge on any atom is -0.435 e. The largest absolute Gasteiger partial charge is 0.435 e. The van der Waals surface area contributed by atoms with E-state index in [0.717, 1.165) is 5.56 Å². The van der Waals surface area contributed by atoms with Gasteiger partial charge in [0.2, 0.25) is 0 Å². The Balaban J connectivity index is 2.84. The van der Waals surface area contributed by atoms with Crippen LogP contribution in [0.2, 0.25) is 0 Å². The molecule has 1 atom stereocenters. The fraction of sp³-hybridized carbons (Fsp3) is 0.333. The first-order chi connectivity index (χ1) is 7.67. The van der Waals surface area contributed by atoms with E-state index in [0.29, 0.717) is 6.42 Å². The van der Waals surface area contributed by atoms with Gasteiger partial charge in [-0.05, 0) is 24.7 Å². The number of hydrogen-bond donors (Lipinski definition) is 1. The Morgan fingerprint density at radius 1 is 1.50 bits per heavy atom. The highest BCUT2D eigenvalue weighted by Crippen LogP contribution is 2.22. The highest BCUT2D eigenvalue weighted by atomic mass is 19.3. The lowest BCUT2D eigenvalue weighted by molar-refractivity contribution is -0.0499. The molecule has 0 amide bonds. The molecule has 1 aromatic carbocycles. The maximum Gasteiger partial charge on any atom is 0.387 e. The number of nitrogens with one attached hydrogen (secondary N) is 1. The second-order valence-electron chi connectivity index (χ2n) is 3.20. The van der Waals surface area contributed by atoms with E-state index in [1.165, 1.54) is 6.07 Å². The summed E-state index contributed by atoms with van der Waals surface area (Å²) >= 11 is 0. The Morgan fingerprint density at radius 2 is 2.25 bits per heavy atom. The van der Waals surface area contributed by atoms with E-state index in [1.54, 1.807) is 19.2 Å². The molecule has 0 aromatic heterocycles. The molecule has 1 aromatic rings. The lowest BCUT2D eigenvalue weighted by atomic mass is 10.0. The second kappa shape index (κ2) is 6.09. The third kappa shape index (κ3) is 3.52. The molecule has 0 fully saturated rings. The molecule has 0 aliphatic rings. The lowest BCUT2D eigenvalue weighted by Crippen LogP contribution is -2.15. The summed E-state index contributed by atoms with van der Waals surface area (Å²) < 4.78 is 28.3. The Kier molecular flexibility index (Phi) is 4.74. The molecular weight excluding hydrogens is 212 g/mol. The molecule has 0 saturated carbocycles. The summed E-state index contributed by atoms with van der Waals surface area (Å²) in [5.41, 5.74) is 0.832. The molecule has 1 N–H and O–H groups in total. The molecule has 0 saturated heterocycles. The van der Waals surface area contributed by atoms with E-state index in [-0.39, 0.29) is 11.8 Å². The number of terminal acetylenes is 1. The van der Waals surface area contributed by atoms with Crippen molar-refractivity contribution in [1.82, 2.24) is 5.32 Å². The van der Waals surface area contributed by atoms with Crippen molar-refractivity contribution in [2.75, 3.05) is 7.05 Å². The molecule has 4 heteroatoms. The number of rotatable bonds is 5. The van der Waals surface area contributed by atoms with Crippen molar-refractivity contribution in [3.8, 4) is 18.1 Å². The Morgan fingerprint density at radius 3 is 2.81 bits per heavy atom. The maximum atomic E-state index is 12.0. The Hall–Kier alpha value is -1.60. The van der Waals surface area contributed by atoms with Crippen LogP contribution in [-0.4, -0.2) is 13.7 Å². The van der Waals surface area contributed by atoms with Gasteiger partial charge in [0.1, 0.15) is 5.75 Å². The van der Waals surface area contributed by atoms with Crippen LogP contribution >= 0.6 is 0 Å². The van der Waals surface area contributed by atoms with E-state index < -0.39 is 6.61 Å². The van der Waals surface area contributed by atoms with Gasteiger partial charge in [-0.15, -0.1) is 12.3 Å². The van der Waals surface area contributed by atoms with E-state index in [9.17, 15) is 8.78 Å². The first-order valence-electron chi connectivity index (χ1n) is 4.83. The zero-order valence-electron chi connectivity index (χ0n) is 8.91. The van der Waals surface area contributed by atoms with Gasteiger partial charge < -0.3 is 10.1 Å². The smallest absolute Gasteiger partial charge is 0.387 e. The summed E-state index contributed by atoms with van der Waals surface area (Å²) in [6.45, 7) is -2.81. The van der Waals surface area contributed by atoms with E-state index >= 15 is 0 Å². The number of halogens is 2. The minimum atomic E-state index is -2.81. The van der Waals surface area contributed by atoms with Gasteiger partial charge in [0.25, 0.3) is 0 Å². The Bertz CT molecular complexity index is 374. The summed E-state index contributed by atoms with van der Waals surface area (Å²) in [7, 11) is 1.77. The average Bonchev–Trinajstić information content (AvgIpc) is 2.25. The van der Waals surface area contributed by atoms with Crippen molar-refractivity contribution >= 4 is 0 Å². The van der Waals surface area contributed by atoms with E-state index in [4.69, 9.17) is 6.42 Å². The molecule has 0 aliphatic heterocycles. The average molecular weight is 225 g/mol. The van der Waals surface area contributed by atoms with Gasteiger partial charge >= 0.3 is 6.61 Å². The standard InChI is InChI=1S/C12H13F2NO/c1-3-5-11(15-2)9-6-4-7-10(8-9)16-12(13)14/h1,4,6-8,11-12,15H,5H2,2H3. The molecule has 0 spiro atoms. The van der Waals surface area contributed by atoms with Gasteiger partial charge in [-0.3, -0.25) is 0 Å². The van der Waals surface area contributed by atoms with Crippen LogP contribution in [0.25, 0.3) is 0 Å². The monoisotopic (exact) mass is 225 g/mol. The van der Waals surface area contributed by atoms with Crippen molar-refractivity contribution in [2.24, 2.45) is 0 Å². The molecule has 1 rings (SSSR count). The number of hydrogen-bond acceptors (Lipinski definition) is 2. The van der Waals surface area contributed by atoms with Gasteiger partial charge in [0, 0.05) is 12.5 Å². The molecule has 0 bridgehead atoms. The summed E-state index contributed by atoms with van der Waals surface area (Å²) in [6.07, 6.45) is 5.71. The Labute approximate surface area is 93.6 Å². The highest BCUT2D eigenvalue weighted by molar-refractivity contribution is 5.31. The van der Waals surface area contributed by atoms with Crippen LogP contribution in [0.3, 0.4) is 0 Å². The molecule has 0 radical (unpaired) electrons. The zero-order chi connectivity index (χ0) is 12.0. The number of ether oxygens (including phenoxy) is 1. The summed E-state index contributed by atoms with van der Waals surface area (Å²) in [4.78, 5) is 0. The maximum absolute atomic E-state index is 12.0. The van der Waals surface area contributed by atoms with Crippen molar-refractivity contribution in [3.63, 3.8) is 0 Å². The molecule has 86 valence electrons. The lowest BCUT2D eigenvalue weighted by Gasteiger charge is -2.14. The van der Waals surface area contributed by atoms with Crippen LogP contribution in [0.1, 0.15) is 18.0 Å². The van der Waals surface area contributed by atoms with Crippen LogP contribution in [0, 0.1) is 12.3 Å². The molecule has 2 nitrogen and oxygen atoms in total. The van der Waals surface area contributed by atoms with Crippen LogP contribution in [0.5, 0.6) is 5.75 Å². The number of benzene rings is 1. The van der Waals surface area contributed by atoms with Crippen molar-refractivity contribution in [2.45, 2.75) is 19.1 Å². The SMILES string of the molecule is C#CCC(NC)c1cccc(OC(F)F)c1. The van der Waals surface area contributed by atoms with Gasteiger partial charge in [-0.1, -0.05) is 12.1 Å². The fourth-order valence-corrected chi connectivity index (χ4v) is 1.41. The van der Waals surface area contributed by atoms with Crippen molar-refractivity contribution in [3.05, 3.63) is 29.8 Å². The second-order valence-corrected chi connectivity index (χ2v) is 3.20. The fourth-order valence-electron chi connectivity index (χ4n) is 1.41. The van der Waals surface area contributed by atoms with Crippen molar-refractivity contribution < 1.29 is 13.5 Å². The first kappa shape index (κ1) is 12.5. The molecule has 1 unspecified atom stereocenters. The van der Waals surface area contributed by atoms with Gasteiger partial charge in [0.05, 0.1) is 0 Å². The van der Waals surface area contributed by atoms with Gasteiger partial charge in [-0.2, -0.15) is 8.78 Å². The zero-order valence-corrected chi connectivity index (χ0v) is 8.91. The van der Waals surface area contributed by atoms with Gasteiger partial charge in [0.15, 0.2) is 0 Å². The molecule has 0 aliphatic carbocycles. The van der Waals surface area contributed by atoms with E-state index in [2.05, 4.69) is 16.0 Å². The molecule has 16 heavy (non-hydrogen) atoms. The van der Waals surface area contributed by atoms with Crippen molar-refractivity contribution in [1.29, 1.82) is 0 Å². The van der Waals surface area contributed by atoms with E-state index in [1.807, 2.05) is 6.07 Å². The third-order valence-electron chi connectivity index (χ3n) is 2.16. The van der Waals surface area contributed by atoms with Crippen LogP contribution in [0.15, 0.2) is 24.3 Å². The molecular formula is C12H13F2NO. The highest BCUT2D eigenvalue weighted by Gasteiger charge is 2.10. The summed E-state index contributed by atoms with van der Waals surface area (Å²) in [5.74, 6) is 2.67. The van der Waals surface area contributed by atoms with Gasteiger partial charge in [-0.25, -0.2) is 0 Å². The number of alkyl halides is 2. The van der Waals surface area contributed by atoms with Crippen LogP contribution in [0.4, 0.5) is 8.78 Å². The summed E-state index contributed by atoms with van der Waals surface area (Å²) in [6, 6.07) is 6.47. The summed E-state index contributed by atoms with van der Waals surface area (Å²) in [5, 5.41) is 3.01. The topological polar surface area (TPSA) is 21.3 Å². The normalized spacial score (nSPS) is 12.2. The minimum absolute atomic E-state index is 0.0498. The molecule has 0 heterocycles. The predicted octanol–water partition coefficient (Wildman–Crippen LogP) is 2.57. The quantitative estimate of drug-likeness (QED) is 0.778. The van der Waals surface area contributed by atoms with Crippen LogP contribution < -0.4 is 10.1 Å². The first-order valence-corrected chi connectivity index (χ1v) is 4.83. The van der Waals surface area contributed by atoms with Crippen LogP contribution in [-0.2, 0) is 0 Å². The third-order valence-corrected chi connectivity index (χ3v) is 2.16. The predicted molar refractivity (Wildman–Crippen MR) is 58.3 cm³/mol.